The van der Waals surface area contributed by atoms with Gasteiger partial charge in [-0.3, -0.25) is 4.79 Å². The van der Waals surface area contributed by atoms with Crippen LogP contribution in [0.1, 0.15) is 5.56 Å². The number of aliphatic hydroxyl groups is 1. The summed E-state index contributed by atoms with van der Waals surface area (Å²) in [6.07, 6.45) is 0. The third kappa shape index (κ3) is 2.15. The average Bonchev–Trinajstić information content (AvgIpc) is 2.30. The molecule has 1 heterocycles. The zero-order valence-corrected chi connectivity index (χ0v) is 9.16. The van der Waals surface area contributed by atoms with Crippen LogP contribution in [-0.2, 0) is 6.61 Å². The van der Waals surface area contributed by atoms with E-state index in [1.807, 2.05) is 12.1 Å². The first-order valence-electron chi connectivity index (χ1n) is 4.79. The molecule has 0 amide bonds. The second kappa shape index (κ2) is 4.51. The van der Waals surface area contributed by atoms with Gasteiger partial charge in [0.1, 0.15) is 0 Å². The predicted octanol–water partition coefficient (Wildman–Crippen LogP) is 2.19. The maximum absolute atomic E-state index is 11.5. The minimum atomic E-state index is -0.269. The van der Waals surface area contributed by atoms with E-state index in [0.717, 1.165) is 5.56 Å². The molecule has 0 unspecified atom stereocenters. The highest BCUT2D eigenvalue weighted by atomic mass is 35.5. The van der Waals surface area contributed by atoms with Gasteiger partial charge in [-0.1, -0.05) is 23.7 Å². The van der Waals surface area contributed by atoms with Crippen molar-refractivity contribution in [1.82, 2.24) is 4.98 Å². The molecule has 1 aromatic heterocycles. The summed E-state index contributed by atoms with van der Waals surface area (Å²) in [4.78, 5) is 14.2. The first-order chi connectivity index (χ1) is 7.70. The Balaban J connectivity index is 2.45. The summed E-state index contributed by atoms with van der Waals surface area (Å²) in [5.74, 6) is 0. The van der Waals surface area contributed by atoms with Gasteiger partial charge in [0.2, 0.25) is 0 Å². The molecule has 0 aliphatic heterocycles. The molecule has 0 aliphatic carbocycles. The number of halogens is 1. The van der Waals surface area contributed by atoms with Crippen LogP contribution >= 0.6 is 11.6 Å². The van der Waals surface area contributed by atoms with Crippen molar-refractivity contribution in [3.8, 4) is 11.3 Å². The fourth-order valence-electron chi connectivity index (χ4n) is 1.43. The van der Waals surface area contributed by atoms with Crippen molar-refractivity contribution in [2.24, 2.45) is 0 Å². The molecule has 2 N–H and O–H groups in total. The number of aromatic amines is 1. The van der Waals surface area contributed by atoms with Gasteiger partial charge in [0.25, 0.3) is 5.56 Å². The van der Waals surface area contributed by atoms with Crippen LogP contribution in [0.3, 0.4) is 0 Å². The fourth-order valence-corrected chi connectivity index (χ4v) is 1.55. The molecule has 0 atom stereocenters. The molecule has 0 aliphatic rings. The largest absolute Gasteiger partial charge is 0.391 e. The molecule has 0 spiro atoms. The number of aromatic nitrogens is 1. The van der Waals surface area contributed by atoms with Crippen LogP contribution in [0, 0.1) is 0 Å². The number of nitrogens with one attached hydrogen (secondary N) is 1. The Morgan fingerprint density at radius 1 is 1.12 bits per heavy atom. The highest BCUT2D eigenvalue weighted by Crippen LogP contribution is 2.18. The Kier molecular flexibility index (Phi) is 3.08. The van der Waals surface area contributed by atoms with Gasteiger partial charge < -0.3 is 10.1 Å². The Morgan fingerprint density at radius 3 is 2.38 bits per heavy atom. The monoisotopic (exact) mass is 235 g/mol. The van der Waals surface area contributed by atoms with Crippen LogP contribution in [0.4, 0.5) is 0 Å². The van der Waals surface area contributed by atoms with Crippen LogP contribution in [0.5, 0.6) is 0 Å². The van der Waals surface area contributed by atoms with Gasteiger partial charge in [-0.05, 0) is 29.8 Å². The minimum absolute atomic E-state index is 0.254. The van der Waals surface area contributed by atoms with Gasteiger partial charge in [-0.15, -0.1) is 0 Å². The molecule has 3 nitrogen and oxygen atoms in total. The summed E-state index contributed by atoms with van der Waals surface area (Å²) in [7, 11) is 0. The first kappa shape index (κ1) is 10.9. The van der Waals surface area contributed by atoms with Crippen LogP contribution < -0.4 is 5.56 Å². The number of hydrogen-bond acceptors (Lipinski definition) is 2. The SMILES string of the molecule is O=c1[nH]c(-c2ccc(Cl)cc2)ccc1CO. The molecule has 0 bridgehead atoms. The van der Waals surface area contributed by atoms with Crippen LogP contribution in [-0.4, -0.2) is 10.1 Å². The van der Waals surface area contributed by atoms with E-state index in [4.69, 9.17) is 16.7 Å². The molecule has 0 radical (unpaired) electrons. The van der Waals surface area contributed by atoms with E-state index in [0.29, 0.717) is 16.3 Å². The zero-order chi connectivity index (χ0) is 11.5. The molecule has 82 valence electrons. The van der Waals surface area contributed by atoms with E-state index < -0.39 is 0 Å². The minimum Gasteiger partial charge on any atom is -0.391 e. The Labute approximate surface area is 97.3 Å². The maximum Gasteiger partial charge on any atom is 0.253 e. The molecule has 16 heavy (non-hydrogen) atoms. The summed E-state index contributed by atoms with van der Waals surface area (Å²) >= 11 is 5.77. The number of H-pyrrole nitrogens is 1. The van der Waals surface area contributed by atoms with Crippen molar-refractivity contribution in [3.63, 3.8) is 0 Å². The van der Waals surface area contributed by atoms with E-state index in [-0.39, 0.29) is 12.2 Å². The van der Waals surface area contributed by atoms with E-state index in [1.165, 1.54) is 0 Å². The van der Waals surface area contributed by atoms with Crippen molar-refractivity contribution >= 4 is 11.6 Å². The molecule has 0 saturated carbocycles. The fraction of sp³-hybridized carbons (Fsp3) is 0.0833. The lowest BCUT2D eigenvalue weighted by Crippen LogP contribution is -2.12. The van der Waals surface area contributed by atoms with Crippen LogP contribution in [0.25, 0.3) is 11.3 Å². The normalized spacial score (nSPS) is 10.4. The van der Waals surface area contributed by atoms with E-state index >= 15 is 0 Å². The smallest absolute Gasteiger partial charge is 0.253 e. The zero-order valence-electron chi connectivity index (χ0n) is 8.40. The molecular weight excluding hydrogens is 226 g/mol. The standard InChI is InChI=1S/C12H10ClNO2/c13-10-4-1-8(2-5-10)11-6-3-9(7-15)12(16)14-11/h1-6,15H,7H2,(H,14,16). The number of hydrogen-bond donors (Lipinski definition) is 2. The highest BCUT2D eigenvalue weighted by molar-refractivity contribution is 6.30. The summed E-state index contributed by atoms with van der Waals surface area (Å²) < 4.78 is 0. The second-order valence-corrected chi connectivity index (χ2v) is 3.83. The summed E-state index contributed by atoms with van der Waals surface area (Å²) in [5.41, 5.74) is 1.68. The van der Waals surface area contributed by atoms with Crippen LogP contribution in [0.15, 0.2) is 41.2 Å². The Hall–Kier alpha value is -1.58. The highest BCUT2D eigenvalue weighted by Gasteiger charge is 2.01. The summed E-state index contributed by atoms with van der Waals surface area (Å²) in [6, 6.07) is 10.5. The topological polar surface area (TPSA) is 53.1 Å². The summed E-state index contributed by atoms with van der Waals surface area (Å²) in [5, 5.41) is 9.53. The molecule has 2 rings (SSSR count). The number of benzene rings is 1. The third-order valence-electron chi connectivity index (χ3n) is 2.32. The Morgan fingerprint density at radius 2 is 1.81 bits per heavy atom. The first-order valence-corrected chi connectivity index (χ1v) is 5.17. The average molecular weight is 236 g/mol. The molecule has 1 aromatic carbocycles. The molecule has 2 aromatic rings. The van der Waals surface area contributed by atoms with Crippen molar-refractivity contribution in [1.29, 1.82) is 0 Å². The van der Waals surface area contributed by atoms with Gasteiger partial charge in [0.15, 0.2) is 0 Å². The van der Waals surface area contributed by atoms with Gasteiger partial charge in [-0.2, -0.15) is 0 Å². The molecule has 0 fully saturated rings. The number of aliphatic hydroxyl groups excluding tert-OH is 1. The van der Waals surface area contributed by atoms with Gasteiger partial charge in [-0.25, -0.2) is 0 Å². The van der Waals surface area contributed by atoms with Crippen molar-refractivity contribution in [3.05, 3.63) is 57.3 Å². The van der Waals surface area contributed by atoms with E-state index in [2.05, 4.69) is 4.98 Å². The van der Waals surface area contributed by atoms with Crippen molar-refractivity contribution in [2.75, 3.05) is 0 Å². The van der Waals surface area contributed by atoms with Gasteiger partial charge in [0, 0.05) is 16.3 Å². The van der Waals surface area contributed by atoms with Crippen molar-refractivity contribution in [2.45, 2.75) is 6.61 Å². The molecule has 0 saturated heterocycles. The lowest BCUT2D eigenvalue weighted by molar-refractivity contribution is 0.280. The number of pyridine rings is 1. The van der Waals surface area contributed by atoms with E-state index in [1.54, 1.807) is 24.3 Å². The van der Waals surface area contributed by atoms with Gasteiger partial charge in [0.05, 0.1) is 6.61 Å². The van der Waals surface area contributed by atoms with Crippen LogP contribution in [0.2, 0.25) is 5.02 Å². The van der Waals surface area contributed by atoms with Gasteiger partial charge >= 0.3 is 0 Å². The predicted molar refractivity (Wildman–Crippen MR) is 63.4 cm³/mol. The number of rotatable bonds is 2. The van der Waals surface area contributed by atoms with E-state index in [9.17, 15) is 4.79 Å². The second-order valence-electron chi connectivity index (χ2n) is 3.39. The quantitative estimate of drug-likeness (QED) is 0.838. The third-order valence-corrected chi connectivity index (χ3v) is 2.57. The molecule has 4 heteroatoms. The molecular formula is C12H10ClNO2. The summed E-state index contributed by atoms with van der Waals surface area (Å²) in [6.45, 7) is -0.254. The maximum atomic E-state index is 11.5. The lowest BCUT2D eigenvalue weighted by atomic mass is 10.1. The lowest BCUT2D eigenvalue weighted by Gasteiger charge is -2.02. The Bertz CT molecular complexity index is 546. The van der Waals surface area contributed by atoms with Crippen molar-refractivity contribution < 1.29 is 5.11 Å².